The molecule has 0 atom stereocenters. The van der Waals surface area contributed by atoms with Gasteiger partial charge in [0.05, 0.1) is 22.0 Å². The van der Waals surface area contributed by atoms with Crippen LogP contribution < -0.4 is 5.32 Å². The lowest BCUT2D eigenvalue weighted by Gasteiger charge is -2.08. The number of carbonyl (C=O) groups is 1. The van der Waals surface area contributed by atoms with Crippen molar-refractivity contribution >= 4 is 44.1 Å². The summed E-state index contributed by atoms with van der Waals surface area (Å²) >= 11 is 3.33. The molecule has 0 spiro atoms. The molecule has 162 valence electrons. The van der Waals surface area contributed by atoms with E-state index in [9.17, 15) is 14.9 Å². The van der Waals surface area contributed by atoms with Gasteiger partial charge in [-0.2, -0.15) is 0 Å². The van der Waals surface area contributed by atoms with Gasteiger partial charge in [-0.25, -0.2) is 0 Å². The first kappa shape index (κ1) is 21.7. The van der Waals surface area contributed by atoms with Crippen LogP contribution in [-0.2, 0) is 11.2 Å². The summed E-state index contributed by atoms with van der Waals surface area (Å²) in [6.45, 7) is 2.06. The Morgan fingerprint density at radius 3 is 2.78 bits per heavy atom. The fourth-order valence-corrected chi connectivity index (χ4v) is 4.06. The van der Waals surface area contributed by atoms with Gasteiger partial charge in [0, 0.05) is 40.1 Å². The number of hydrogen-bond acceptors (Lipinski definition) is 4. The molecule has 32 heavy (non-hydrogen) atoms. The molecular weight excluding hydrogens is 472 g/mol. The van der Waals surface area contributed by atoms with E-state index in [1.807, 2.05) is 18.2 Å². The summed E-state index contributed by atoms with van der Waals surface area (Å²) in [4.78, 5) is 31.0. The van der Waals surface area contributed by atoms with Gasteiger partial charge < -0.3 is 10.3 Å². The Kier molecular flexibility index (Phi) is 6.32. The standard InChI is InChI=1S/C24H21BrN4O3/c1-15-8-11-20-18(13-15)17(24(28-20)21-6-2-3-12-26-21)5-4-7-23(30)27-22-14-16(29(31)32)9-10-19(22)25/h2-3,6,8-14,28H,4-5,7H2,1H3,(H,27,30). The first-order valence-electron chi connectivity index (χ1n) is 10.2. The first-order valence-corrected chi connectivity index (χ1v) is 11.0. The van der Waals surface area contributed by atoms with E-state index in [2.05, 4.69) is 56.3 Å². The number of non-ortho nitro benzene ring substituents is 1. The number of hydrogen-bond donors (Lipinski definition) is 2. The monoisotopic (exact) mass is 492 g/mol. The summed E-state index contributed by atoms with van der Waals surface area (Å²) in [5, 5.41) is 14.9. The van der Waals surface area contributed by atoms with Crippen LogP contribution in [0.1, 0.15) is 24.0 Å². The highest BCUT2D eigenvalue weighted by atomic mass is 79.9. The number of benzene rings is 2. The van der Waals surface area contributed by atoms with Gasteiger partial charge >= 0.3 is 0 Å². The van der Waals surface area contributed by atoms with Crippen LogP contribution in [0, 0.1) is 17.0 Å². The van der Waals surface area contributed by atoms with Gasteiger partial charge in [0.1, 0.15) is 0 Å². The normalized spacial score (nSPS) is 10.9. The van der Waals surface area contributed by atoms with Crippen LogP contribution >= 0.6 is 15.9 Å². The Morgan fingerprint density at radius 1 is 1.19 bits per heavy atom. The third-order valence-corrected chi connectivity index (χ3v) is 5.94. The van der Waals surface area contributed by atoms with E-state index in [0.29, 0.717) is 23.0 Å². The summed E-state index contributed by atoms with van der Waals surface area (Å²) in [5.74, 6) is -0.193. The number of rotatable bonds is 7. The molecule has 2 aromatic heterocycles. The highest BCUT2D eigenvalue weighted by Gasteiger charge is 2.16. The fraction of sp³-hybridized carbons (Fsp3) is 0.167. The van der Waals surface area contributed by atoms with Crippen LogP contribution in [0.2, 0.25) is 0 Å². The second kappa shape index (κ2) is 9.32. The van der Waals surface area contributed by atoms with E-state index in [-0.39, 0.29) is 18.0 Å². The number of halogens is 1. The van der Waals surface area contributed by atoms with E-state index >= 15 is 0 Å². The second-order valence-corrected chi connectivity index (χ2v) is 8.42. The predicted octanol–water partition coefficient (Wildman–Crippen LogP) is 6.17. The molecule has 0 aliphatic rings. The maximum Gasteiger partial charge on any atom is 0.271 e. The molecule has 0 saturated heterocycles. The molecule has 0 saturated carbocycles. The number of H-pyrrole nitrogens is 1. The van der Waals surface area contributed by atoms with Gasteiger partial charge in [0.15, 0.2) is 0 Å². The third-order valence-electron chi connectivity index (χ3n) is 5.25. The molecule has 0 radical (unpaired) electrons. The van der Waals surface area contributed by atoms with Gasteiger partial charge in [0.25, 0.3) is 5.69 Å². The zero-order chi connectivity index (χ0) is 22.7. The van der Waals surface area contributed by atoms with E-state index in [0.717, 1.165) is 27.9 Å². The Bertz CT molecular complexity index is 1300. The number of nitrogens with zero attached hydrogens (tertiary/aromatic N) is 2. The molecule has 8 heteroatoms. The molecule has 4 rings (SSSR count). The third kappa shape index (κ3) is 4.70. The molecule has 0 bridgehead atoms. The van der Waals surface area contributed by atoms with Crippen molar-refractivity contribution < 1.29 is 9.72 Å². The van der Waals surface area contributed by atoms with Crippen LogP contribution in [0.5, 0.6) is 0 Å². The number of aryl methyl sites for hydroxylation is 2. The van der Waals surface area contributed by atoms with E-state index in [4.69, 9.17) is 0 Å². The van der Waals surface area contributed by atoms with Crippen molar-refractivity contribution in [1.82, 2.24) is 9.97 Å². The Morgan fingerprint density at radius 2 is 2.03 bits per heavy atom. The average Bonchev–Trinajstić information content (AvgIpc) is 3.13. The van der Waals surface area contributed by atoms with Crippen LogP contribution in [0.3, 0.4) is 0 Å². The second-order valence-electron chi connectivity index (χ2n) is 7.57. The first-order chi connectivity index (χ1) is 15.4. The summed E-state index contributed by atoms with van der Waals surface area (Å²) < 4.78 is 0.598. The molecule has 0 aliphatic heterocycles. The van der Waals surface area contributed by atoms with Crippen molar-refractivity contribution in [3.63, 3.8) is 0 Å². The Hall–Kier alpha value is -3.52. The molecule has 2 aromatic carbocycles. The van der Waals surface area contributed by atoms with Gasteiger partial charge in [-0.05, 0) is 71.6 Å². The van der Waals surface area contributed by atoms with Crippen LogP contribution in [-0.4, -0.2) is 20.8 Å². The number of aromatic nitrogens is 2. The van der Waals surface area contributed by atoms with E-state index < -0.39 is 4.92 Å². The number of fused-ring (bicyclic) bond motifs is 1. The molecule has 0 fully saturated rings. The largest absolute Gasteiger partial charge is 0.353 e. The SMILES string of the molecule is Cc1ccc2[nH]c(-c3ccccn3)c(CCCC(=O)Nc3cc([N+](=O)[O-])ccc3Br)c2c1. The van der Waals surface area contributed by atoms with Gasteiger partial charge in [-0.15, -0.1) is 0 Å². The molecule has 7 nitrogen and oxygen atoms in total. The molecule has 0 unspecified atom stereocenters. The van der Waals surface area contributed by atoms with Gasteiger partial charge in [-0.1, -0.05) is 17.7 Å². The molecule has 4 aromatic rings. The lowest BCUT2D eigenvalue weighted by molar-refractivity contribution is -0.384. The topological polar surface area (TPSA) is 101 Å². The van der Waals surface area contributed by atoms with Crippen molar-refractivity contribution in [2.45, 2.75) is 26.2 Å². The highest BCUT2D eigenvalue weighted by Crippen LogP contribution is 2.32. The number of nitro benzene ring substituents is 1. The molecule has 1 amide bonds. The molecule has 2 heterocycles. The number of carbonyl (C=O) groups excluding carboxylic acids is 1. The van der Waals surface area contributed by atoms with Crippen LogP contribution in [0.25, 0.3) is 22.3 Å². The Balaban J connectivity index is 1.51. The highest BCUT2D eigenvalue weighted by molar-refractivity contribution is 9.10. The minimum Gasteiger partial charge on any atom is -0.353 e. The summed E-state index contributed by atoms with van der Waals surface area (Å²) in [6, 6.07) is 16.4. The zero-order valence-corrected chi connectivity index (χ0v) is 19.0. The number of amides is 1. The molecule has 0 aliphatic carbocycles. The summed E-state index contributed by atoms with van der Waals surface area (Å²) in [7, 11) is 0. The van der Waals surface area contributed by atoms with Gasteiger partial charge in [-0.3, -0.25) is 19.9 Å². The number of nitro groups is 1. The quantitative estimate of drug-likeness (QED) is 0.238. The van der Waals surface area contributed by atoms with Crippen LogP contribution in [0.4, 0.5) is 11.4 Å². The smallest absolute Gasteiger partial charge is 0.271 e. The number of pyridine rings is 1. The van der Waals surface area contributed by atoms with Crippen molar-refractivity contribution in [2.75, 3.05) is 5.32 Å². The molecule has 2 N–H and O–H groups in total. The maximum atomic E-state index is 12.5. The minimum absolute atomic E-state index is 0.0716. The van der Waals surface area contributed by atoms with Crippen molar-refractivity contribution in [3.05, 3.63) is 86.5 Å². The van der Waals surface area contributed by atoms with E-state index in [1.165, 1.54) is 17.7 Å². The average molecular weight is 493 g/mol. The predicted molar refractivity (Wildman–Crippen MR) is 129 cm³/mol. The maximum absolute atomic E-state index is 12.5. The lowest BCUT2D eigenvalue weighted by atomic mass is 10.0. The van der Waals surface area contributed by atoms with Crippen molar-refractivity contribution in [3.8, 4) is 11.4 Å². The number of anilines is 1. The number of aromatic amines is 1. The van der Waals surface area contributed by atoms with Crippen molar-refractivity contribution in [1.29, 1.82) is 0 Å². The minimum atomic E-state index is -0.486. The van der Waals surface area contributed by atoms with Crippen molar-refractivity contribution in [2.24, 2.45) is 0 Å². The zero-order valence-electron chi connectivity index (χ0n) is 17.4. The summed E-state index contributed by atoms with van der Waals surface area (Å²) in [6.07, 6.45) is 3.37. The van der Waals surface area contributed by atoms with Crippen LogP contribution in [0.15, 0.2) is 65.3 Å². The van der Waals surface area contributed by atoms with E-state index in [1.54, 1.807) is 12.3 Å². The Labute approximate surface area is 193 Å². The molecular formula is C24H21BrN4O3. The summed E-state index contributed by atoms with van der Waals surface area (Å²) in [5.41, 5.74) is 5.48. The van der Waals surface area contributed by atoms with Gasteiger partial charge in [0.2, 0.25) is 5.91 Å². The lowest BCUT2D eigenvalue weighted by Crippen LogP contribution is -2.12. The fourth-order valence-electron chi connectivity index (χ4n) is 3.71. The number of nitrogens with one attached hydrogen (secondary N) is 2.